The van der Waals surface area contributed by atoms with Gasteiger partial charge in [0, 0.05) is 18.0 Å². The summed E-state index contributed by atoms with van der Waals surface area (Å²) in [6.45, 7) is 5.97. The summed E-state index contributed by atoms with van der Waals surface area (Å²) >= 11 is 0. The number of esters is 1. The van der Waals surface area contributed by atoms with Crippen LogP contribution in [-0.2, 0) is 9.53 Å². The Hall–Kier alpha value is -3.68. The number of halogens is 1. The van der Waals surface area contributed by atoms with Crippen molar-refractivity contribution in [3.05, 3.63) is 64.8 Å². The zero-order valence-corrected chi connectivity index (χ0v) is 20.6. The van der Waals surface area contributed by atoms with E-state index in [1.807, 2.05) is 20.8 Å². The molecule has 0 atom stereocenters. The molecule has 0 saturated heterocycles. The zero-order valence-electron chi connectivity index (χ0n) is 20.6. The van der Waals surface area contributed by atoms with Gasteiger partial charge in [-0.15, -0.1) is 0 Å². The highest BCUT2D eigenvalue weighted by atomic mass is 19.1. The highest BCUT2D eigenvalue weighted by Crippen LogP contribution is 2.31. The molecule has 3 aromatic rings. The lowest BCUT2D eigenvalue weighted by molar-refractivity contribution is -0.140. The lowest BCUT2D eigenvalue weighted by atomic mass is 9.82. The van der Waals surface area contributed by atoms with Gasteiger partial charge < -0.3 is 19.2 Å². The van der Waals surface area contributed by atoms with E-state index in [9.17, 15) is 18.8 Å². The topological polar surface area (TPSA) is 94.8 Å². The molecule has 4 rings (SSSR count). The predicted octanol–water partition coefficient (Wildman–Crippen LogP) is 5.84. The number of ether oxygens (including phenoxy) is 2. The van der Waals surface area contributed by atoms with Crippen molar-refractivity contribution in [1.82, 2.24) is 5.32 Å². The molecule has 1 amide bonds. The number of amides is 1. The fourth-order valence-electron chi connectivity index (χ4n) is 4.33. The minimum absolute atomic E-state index is 0.230. The number of benzene rings is 2. The second-order valence-corrected chi connectivity index (χ2v) is 10.2. The molecule has 1 heterocycles. The molecule has 0 radical (unpaired) electrons. The summed E-state index contributed by atoms with van der Waals surface area (Å²) in [5.41, 5.74) is 0.0791. The van der Waals surface area contributed by atoms with Crippen LogP contribution in [-0.4, -0.2) is 24.2 Å². The summed E-state index contributed by atoms with van der Waals surface area (Å²) in [7, 11) is 0. The fourth-order valence-corrected chi connectivity index (χ4v) is 4.33. The number of fused-ring (bicyclic) bond motifs is 1. The molecule has 8 heteroatoms. The van der Waals surface area contributed by atoms with Crippen LogP contribution in [0, 0.1) is 17.7 Å². The van der Waals surface area contributed by atoms with E-state index in [1.165, 1.54) is 30.3 Å². The van der Waals surface area contributed by atoms with E-state index in [-0.39, 0.29) is 23.6 Å². The standard InChI is InChI=1S/C28H30FNO6/c1-28(2,3)36-27(33)30-16-17-4-6-19(7-5-17)25(31)34-22-13-10-20-14-23(26(32)35-24(20)15-22)18-8-11-21(29)12-9-18/h8-15,17,19H,4-7,16H2,1-3H3,(H,30,33). The molecule has 1 aliphatic rings. The Labute approximate surface area is 208 Å². The molecule has 0 spiro atoms. The summed E-state index contributed by atoms with van der Waals surface area (Å²) in [6, 6.07) is 12.2. The average Bonchev–Trinajstić information content (AvgIpc) is 2.82. The van der Waals surface area contributed by atoms with Crippen LogP contribution in [0.2, 0.25) is 0 Å². The number of nitrogens with one attached hydrogen (secondary N) is 1. The first-order valence-corrected chi connectivity index (χ1v) is 12.1. The molecule has 1 saturated carbocycles. The maximum atomic E-state index is 13.2. The third-order valence-electron chi connectivity index (χ3n) is 6.20. The first kappa shape index (κ1) is 25.4. The Morgan fingerprint density at radius 1 is 1.03 bits per heavy atom. The zero-order chi connectivity index (χ0) is 25.9. The number of alkyl carbamates (subject to hydrolysis) is 1. The van der Waals surface area contributed by atoms with Gasteiger partial charge in [0.25, 0.3) is 0 Å². The van der Waals surface area contributed by atoms with E-state index in [0.717, 1.165) is 12.8 Å². The molecule has 2 aromatic carbocycles. The third kappa shape index (κ3) is 6.50. The van der Waals surface area contributed by atoms with E-state index in [4.69, 9.17) is 13.9 Å². The summed E-state index contributed by atoms with van der Waals surface area (Å²) in [4.78, 5) is 37.1. The van der Waals surface area contributed by atoms with Gasteiger partial charge in [-0.2, -0.15) is 0 Å². The second kappa shape index (κ2) is 10.5. The van der Waals surface area contributed by atoms with Crippen molar-refractivity contribution in [3.8, 4) is 16.9 Å². The minimum atomic E-state index is -0.559. The molecule has 1 aliphatic carbocycles. The molecule has 1 fully saturated rings. The molecule has 1 aromatic heterocycles. The van der Waals surface area contributed by atoms with Crippen molar-refractivity contribution < 1.29 is 27.9 Å². The van der Waals surface area contributed by atoms with Crippen molar-refractivity contribution in [1.29, 1.82) is 0 Å². The van der Waals surface area contributed by atoms with E-state index >= 15 is 0 Å². The summed E-state index contributed by atoms with van der Waals surface area (Å²) in [5, 5.41) is 3.46. The Bertz CT molecular complexity index is 1300. The van der Waals surface area contributed by atoms with Gasteiger partial charge in [-0.05, 0) is 88.3 Å². The van der Waals surface area contributed by atoms with Gasteiger partial charge >= 0.3 is 17.7 Å². The molecule has 0 aliphatic heterocycles. The van der Waals surface area contributed by atoms with Crippen LogP contribution in [0.3, 0.4) is 0 Å². The molecule has 36 heavy (non-hydrogen) atoms. The van der Waals surface area contributed by atoms with Crippen LogP contribution in [0.5, 0.6) is 5.75 Å². The van der Waals surface area contributed by atoms with Crippen LogP contribution < -0.4 is 15.7 Å². The molecule has 0 unspecified atom stereocenters. The van der Waals surface area contributed by atoms with Crippen LogP contribution >= 0.6 is 0 Å². The number of hydrogen-bond acceptors (Lipinski definition) is 6. The lowest BCUT2D eigenvalue weighted by Crippen LogP contribution is -2.36. The predicted molar refractivity (Wildman–Crippen MR) is 133 cm³/mol. The maximum absolute atomic E-state index is 13.2. The van der Waals surface area contributed by atoms with Crippen LogP contribution in [0.25, 0.3) is 22.1 Å². The number of carbonyl (C=O) groups excluding carboxylic acids is 2. The Morgan fingerprint density at radius 2 is 1.72 bits per heavy atom. The highest BCUT2D eigenvalue weighted by molar-refractivity contribution is 5.84. The first-order valence-electron chi connectivity index (χ1n) is 12.1. The Morgan fingerprint density at radius 3 is 2.39 bits per heavy atom. The van der Waals surface area contributed by atoms with Gasteiger partial charge in [-0.3, -0.25) is 4.79 Å². The second-order valence-electron chi connectivity index (χ2n) is 10.2. The van der Waals surface area contributed by atoms with Crippen LogP contribution in [0.4, 0.5) is 9.18 Å². The van der Waals surface area contributed by atoms with Crippen LogP contribution in [0.15, 0.2) is 57.7 Å². The quantitative estimate of drug-likeness (QED) is 0.272. The Balaban J connectivity index is 1.34. The normalized spacial score (nSPS) is 18.0. The molecular weight excluding hydrogens is 465 g/mol. The summed E-state index contributed by atoms with van der Waals surface area (Å²) in [6.07, 6.45) is 2.51. The van der Waals surface area contributed by atoms with E-state index in [2.05, 4.69) is 5.32 Å². The molecule has 1 N–H and O–H groups in total. The maximum Gasteiger partial charge on any atom is 0.407 e. The SMILES string of the molecule is CC(C)(C)OC(=O)NCC1CCC(C(=O)Oc2ccc3cc(-c4ccc(F)cc4)c(=O)oc3c2)CC1. The van der Waals surface area contributed by atoms with Crippen LogP contribution in [0.1, 0.15) is 46.5 Å². The summed E-state index contributed by atoms with van der Waals surface area (Å²) < 4.78 is 29.5. The van der Waals surface area contributed by atoms with E-state index in [0.29, 0.717) is 47.2 Å². The van der Waals surface area contributed by atoms with Gasteiger partial charge in [0.1, 0.15) is 22.8 Å². The molecular formula is C28H30FNO6. The largest absolute Gasteiger partial charge is 0.444 e. The highest BCUT2D eigenvalue weighted by Gasteiger charge is 2.28. The van der Waals surface area contributed by atoms with Gasteiger partial charge in [-0.25, -0.2) is 14.0 Å². The van der Waals surface area contributed by atoms with E-state index in [1.54, 1.807) is 18.2 Å². The lowest BCUT2D eigenvalue weighted by Gasteiger charge is -2.28. The van der Waals surface area contributed by atoms with Crippen molar-refractivity contribution in [3.63, 3.8) is 0 Å². The van der Waals surface area contributed by atoms with Crippen molar-refractivity contribution in [2.75, 3.05) is 6.54 Å². The fraction of sp³-hybridized carbons (Fsp3) is 0.393. The molecule has 190 valence electrons. The van der Waals surface area contributed by atoms with Gasteiger partial charge in [0.2, 0.25) is 0 Å². The van der Waals surface area contributed by atoms with E-state index < -0.39 is 17.3 Å². The first-order chi connectivity index (χ1) is 17.1. The van der Waals surface area contributed by atoms with Gasteiger partial charge in [0.15, 0.2) is 0 Å². The monoisotopic (exact) mass is 495 g/mol. The number of carbonyl (C=O) groups is 2. The molecule has 0 bridgehead atoms. The average molecular weight is 496 g/mol. The third-order valence-corrected chi connectivity index (χ3v) is 6.20. The number of hydrogen-bond donors (Lipinski definition) is 1. The van der Waals surface area contributed by atoms with Gasteiger partial charge in [0.05, 0.1) is 11.5 Å². The smallest absolute Gasteiger partial charge is 0.407 e. The van der Waals surface area contributed by atoms with Gasteiger partial charge in [-0.1, -0.05) is 12.1 Å². The Kier molecular flexibility index (Phi) is 7.43. The number of rotatable bonds is 5. The van der Waals surface area contributed by atoms with Crippen molar-refractivity contribution in [2.45, 2.75) is 52.1 Å². The summed E-state index contributed by atoms with van der Waals surface area (Å²) in [5.74, 6) is -0.350. The molecule has 7 nitrogen and oxygen atoms in total. The minimum Gasteiger partial charge on any atom is -0.444 e. The van der Waals surface area contributed by atoms with Crippen molar-refractivity contribution >= 4 is 23.0 Å². The van der Waals surface area contributed by atoms with Crippen molar-refractivity contribution in [2.24, 2.45) is 11.8 Å².